The first-order chi connectivity index (χ1) is 5.43. The van der Waals surface area contributed by atoms with Crippen molar-refractivity contribution in [3.05, 3.63) is 30.1 Å². The number of hydrogen-bond acceptors (Lipinski definition) is 2. The maximum absolute atomic E-state index is 8.17. The zero-order valence-electron chi connectivity index (χ0n) is 5.91. The molecular weight excluding hydrogens is 136 g/mol. The molecule has 1 rings (SSSR count). The second kappa shape index (κ2) is 4.09. The predicted octanol–water partition coefficient (Wildman–Crippen LogP) is 1.35. The molecule has 0 aliphatic rings. The zero-order valence-corrected chi connectivity index (χ0v) is 5.91. The molecule has 0 saturated heterocycles. The SMILES string of the molecule is N#CCC#Cc1ccccn1. The van der Waals surface area contributed by atoms with Gasteiger partial charge in [0.15, 0.2) is 0 Å². The molecule has 0 radical (unpaired) electrons. The molecule has 1 aromatic heterocycles. The van der Waals surface area contributed by atoms with Crippen molar-refractivity contribution in [2.45, 2.75) is 6.42 Å². The van der Waals surface area contributed by atoms with Crippen LogP contribution in [0.5, 0.6) is 0 Å². The van der Waals surface area contributed by atoms with Crippen molar-refractivity contribution >= 4 is 0 Å². The maximum Gasteiger partial charge on any atom is 0.113 e. The summed E-state index contributed by atoms with van der Waals surface area (Å²) >= 11 is 0. The molecule has 1 heterocycles. The van der Waals surface area contributed by atoms with Gasteiger partial charge >= 0.3 is 0 Å². The Morgan fingerprint density at radius 1 is 1.45 bits per heavy atom. The molecule has 0 aliphatic carbocycles. The first-order valence-corrected chi connectivity index (χ1v) is 3.20. The van der Waals surface area contributed by atoms with E-state index in [1.54, 1.807) is 6.20 Å². The van der Waals surface area contributed by atoms with Crippen LogP contribution in [-0.4, -0.2) is 4.98 Å². The summed E-state index contributed by atoms with van der Waals surface area (Å²) in [5, 5.41) is 8.17. The lowest BCUT2D eigenvalue weighted by molar-refractivity contribution is 1.28. The Balaban J connectivity index is 2.68. The van der Waals surface area contributed by atoms with Gasteiger partial charge in [0.1, 0.15) is 5.69 Å². The molecule has 0 amide bonds. The van der Waals surface area contributed by atoms with E-state index in [0.29, 0.717) is 5.69 Å². The van der Waals surface area contributed by atoms with Gasteiger partial charge in [-0.25, -0.2) is 4.98 Å². The van der Waals surface area contributed by atoms with Crippen molar-refractivity contribution in [2.24, 2.45) is 0 Å². The van der Waals surface area contributed by atoms with E-state index in [4.69, 9.17) is 5.26 Å². The van der Waals surface area contributed by atoms with E-state index in [-0.39, 0.29) is 6.42 Å². The fraction of sp³-hybridized carbons (Fsp3) is 0.111. The molecule has 2 heteroatoms. The Labute approximate surface area is 65.5 Å². The Morgan fingerprint density at radius 2 is 2.36 bits per heavy atom. The largest absolute Gasteiger partial charge is 0.248 e. The summed E-state index contributed by atoms with van der Waals surface area (Å²) in [4.78, 5) is 3.97. The monoisotopic (exact) mass is 142 g/mol. The van der Waals surface area contributed by atoms with E-state index >= 15 is 0 Å². The molecule has 52 valence electrons. The quantitative estimate of drug-likeness (QED) is 0.512. The molecule has 0 bridgehead atoms. The van der Waals surface area contributed by atoms with Crippen LogP contribution < -0.4 is 0 Å². The van der Waals surface area contributed by atoms with Crippen LogP contribution in [0.2, 0.25) is 0 Å². The first-order valence-electron chi connectivity index (χ1n) is 3.20. The van der Waals surface area contributed by atoms with E-state index in [0.717, 1.165) is 0 Å². The molecule has 0 N–H and O–H groups in total. The van der Waals surface area contributed by atoms with Gasteiger partial charge in [0.05, 0.1) is 12.5 Å². The lowest BCUT2D eigenvalue weighted by Crippen LogP contribution is -1.77. The van der Waals surface area contributed by atoms with Gasteiger partial charge in [0, 0.05) is 6.20 Å². The van der Waals surface area contributed by atoms with Gasteiger partial charge < -0.3 is 0 Å². The zero-order chi connectivity index (χ0) is 7.94. The van der Waals surface area contributed by atoms with Crippen LogP contribution in [0.3, 0.4) is 0 Å². The predicted molar refractivity (Wildman–Crippen MR) is 41.3 cm³/mol. The minimum atomic E-state index is 0.260. The molecule has 1 aromatic rings. The van der Waals surface area contributed by atoms with Gasteiger partial charge in [-0.05, 0) is 18.1 Å². The molecule has 11 heavy (non-hydrogen) atoms. The Morgan fingerprint density at radius 3 is 3.00 bits per heavy atom. The van der Waals surface area contributed by atoms with Crippen molar-refractivity contribution in [2.75, 3.05) is 0 Å². The van der Waals surface area contributed by atoms with Crippen LogP contribution in [0.4, 0.5) is 0 Å². The smallest absolute Gasteiger partial charge is 0.113 e. The van der Waals surface area contributed by atoms with Gasteiger partial charge in [-0.1, -0.05) is 12.0 Å². The highest BCUT2D eigenvalue weighted by molar-refractivity contribution is 5.27. The third-order valence-corrected chi connectivity index (χ3v) is 1.05. The molecule has 0 unspecified atom stereocenters. The maximum atomic E-state index is 8.17. The van der Waals surface area contributed by atoms with Gasteiger partial charge in [-0.2, -0.15) is 5.26 Å². The highest BCUT2D eigenvalue weighted by Gasteiger charge is 1.80. The van der Waals surface area contributed by atoms with E-state index in [1.165, 1.54) is 0 Å². The van der Waals surface area contributed by atoms with Crippen LogP contribution in [-0.2, 0) is 0 Å². The van der Waals surface area contributed by atoms with Crippen molar-refractivity contribution in [1.29, 1.82) is 5.26 Å². The summed E-state index contributed by atoms with van der Waals surface area (Å²) < 4.78 is 0. The first kappa shape index (κ1) is 7.31. The van der Waals surface area contributed by atoms with Crippen LogP contribution in [0.1, 0.15) is 12.1 Å². The summed E-state index contributed by atoms with van der Waals surface area (Å²) in [5.41, 5.74) is 0.711. The second-order valence-electron chi connectivity index (χ2n) is 1.85. The minimum absolute atomic E-state index is 0.260. The number of rotatable bonds is 0. The molecule has 0 atom stereocenters. The minimum Gasteiger partial charge on any atom is -0.248 e. The molecule has 0 aromatic carbocycles. The molecule has 0 spiro atoms. The highest BCUT2D eigenvalue weighted by atomic mass is 14.6. The molecule has 0 fully saturated rings. The van der Waals surface area contributed by atoms with E-state index < -0.39 is 0 Å². The van der Waals surface area contributed by atoms with Crippen LogP contribution in [0.15, 0.2) is 24.4 Å². The molecule has 2 nitrogen and oxygen atoms in total. The van der Waals surface area contributed by atoms with Crippen molar-refractivity contribution in [3.63, 3.8) is 0 Å². The van der Waals surface area contributed by atoms with Gasteiger partial charge in [-0.15, -0.1) is 0 Å². The summed E-state index contributed by atoms with van der Waals surface area (Å²) in [7, 11) is 0. The molecule has 0 aliphatic heterocycles. The molecule has 0 saturated carbocycles. The second-order valence-corrected chi connectivity index (χ2v) is 1.85. The Bertz CT molecular complexity index is 311. The number of nitrogens with zero attached hydrogens (tertiary/aromatic N) is 2. The van der Waals surface area contributed by atoms with Crippen molar-refractivity contribution < 1.29 is 0 Å². The number of nitriles is 1. The summed E-state index contributed by atoms with van der Waals surface area (Å²) in [6.07, 6.45) is 1.94. The van der Waals surface area contributed by atoms with Crippen LogP contribution in [0, 0.1) is 23.2 Å². The van der Waals surface area contributed by atoms with Gasteiger partial charge in [0.25, 0.3) is 0 Å². The lowest BCUT2D eigenvalue weighted by Gasteiger charge is -1.83. The summed E-state index contributed by atoms with van der Waals surface area (Å²) in [6, 6.07) is 7.44. The number of pyridine rings is 1. The standard InChI is InChI=1S/C9H6N2/c10-7-3-1-5-9-6-2-4-8-11-9/h2,4,6,8H,3H2. The highest BCUT2D eigenvalue weighted by Crippen LogP contribution is 1.88. The third kappa shape index (κ3) is 2.51. The average Bonchev–Trinajstić information content (AvgIpc) is 2.07. The van der Waals surface area contributed by atoms with E-state index in [9.17, 15) is 0 Å². The number of aromatic nitrogens is 1. The van der Waals surface area contributed by atoms with Crippen molar-refractivity contribution in [3.8, 4) is 17.9 Å². The average molecular weight is 142 g/mol. The van der Waals surface area contributed by atoms with Crippen LogP contribution >= 0.6 is 0 Å². The summed E-state index contributed by atoms with van der Waals surface area (Å²) in [6.45, 7) is 0. The van der Waals surface area contributed by atoms with E-state index in [1.807, 2.05) is 24.3 Å². The lowest BCUT2D eigenvalue weighted by atomic mass is 10.3. The fourth-order valence-electron chi connectivity index (χ4n) is 0.611. The van der Waals surface area contributed by atoms with Crippen LogP contribution in [0.25, 0.3) is 0 Å². The van der Waals surface area contributed by atoms with Crippen molar-refractivity contribution in [1.82, 2.24) is 4.98 Å². The normalized spacial score (nSPS) is 7.55. The number of hydrogen-bond donors (Lipinski definition) is 0. The Kier molecular flexibility index (Phi) is 2.71. The molecular formula is C9H6N2. The third-order valence-electron chi connectivity index (χ3n) is 1.05. The van der Waals surface area contributed by atoms with E-state index in [2.05, 4.69) is 16.8 Å². The van der Waals surface area contributed by atoms with Gasteiger partial charge in [0.2, 0.25) is 0 Å². The topological polar surface area (TPSA) is 36.7 Å². The fourth-order valence-corrected chi connectivity index (χ4v) is 0.611. The summed E-state index contributed by atoms with van der Waals surface area (Å²) in [5.74, 6) is 5.44. The van der Waals surface area contributed by atoms with Gasteiger partial charge in [-0.3, -0.25) is 0 Å². The Hall–Kier alpha value is -1.80.